The molecule has 0 bridgehead atoms. The molecule has 148 valence electrons. The fourth-order valence-electron chi connectivity index (χ4n) is 3.28. The Morgan fingerprint density at radius 1 is 0.867 bits per heavy atom. The lowest BCUT2D eigenvalue weighted by molar-refractivity contribution is 0.0527. The van der Waals surface area contributed by atoms with Gasteiger partial charge in [0.25, 0.3) is 5.91 Å². The lowest BCUT2D eigenvalue weighted by Crippen LogP contribution is -2.16. The zero-order chi connectivity index (χ0) is 20.9. The van der Waals surface area contributed by atoms with Crippen LogP contribution < -0.4 is 5.32 Å². The maximum Gasteiger partial charge on any atom is 0.340 e. The summed E-state index contributed by atoms with van der Waals surface area (Å²) in [5, 5.41) is 3.70. The lowest BCUT2D eigenvalue weighted by Gasteiger charge is -2.13. The number of carbonyl (C=O) groups excluding carboxylic acids is 2. The molecule has 0 aliphatic heterocycles. The number of carbonyl (C=O) groups is 2. The number of aromatic nitrogens is 2. The summed E-state index contributed by atoms with van der Waals surface area (Å²) >= 11 is 0. The summed E-state index contributed by atoms with van der Waals surface area (Å²) in [6.07, 6.45) is 1.49. The van der Waals surface area contributed by atoms with Gasteiger partial charge >= 0.3 is 5.97 Å². The summed E-state index contributed by atoms with van der Waals surface area (Å²) in [6, 6.07) is 21.6. The fraction of sp³-hybridized carbons (Fsp3) is 0.0833. The van der Waals surface area contributed by atoms with E-state index in [9.17, 15) is 9.59 Å². The third kappa shape index (κ3) is 3.75. The van der Waals surface area contributed by atoms with E-state index in [-0.39, 0.29) is 12.5 Å². The average Bonchev–Trinajstić information content (AvgIpc) is 2.79. The van der Waals surface area contributed by atoms with E-state index in [1.165, 1.54) is 6.33 Å². The van der Waals surface area contributed by atoms with Gasteiger partial charge in [-0.25, -0.2) is 14.8 Å². The van der Waals surface area contributed by atoms with Crippen LogP contribution in [0.3, 0.4) is 0 Å². The van der Waals surface area contributed by atoms with E-state index in [2.05, 4.69) is 15.3 Å². The summed E-state index contributed by atoms with van der Waals surface area (Å²) in [4.78, 5) is 34.1. The van der Waals surface area contributed by atoms with Crippen molar-refractivity contribution in [2.75, 3.05) is 11.9 Å². The van der Waals surface area contributed by atoms with Crippen LogP contribution in [0.25, 0.3) is 22.2 Å². The summed E-state index contributed by atoms with van der Waals surface area (Å²) in [5.74, 6) is -0.825. The van der Waals surface area contributed by atoms with Gasteiger partial charge in [0.2, 0.25) is 0 Å². The second-order valence-electron chi connectivity index (χ2n) is 6.51. The van der Waals surface area contributed by atoms with Crippen LogP contribution in [0.5, 0.6) is 0 Å². The van der Waals surface area contributed by atoms with E-state index < -0.39 is 5.97 Å². The van der Waals surface area contributed by atoms with Crippen molar-refractivity contribution in [3.8, 4) is 11.3 Å². The highest BCUT2D eigenvalue weighted by Gasteiger charge is 2.18. The topological polar surface area (TPSA) is 81.2 Å². The Bertz CT molecular complexity index is 1230. The molecule has 1 aromatic heterocycles. The van der Waals surface area contributed by atoms with Crippen molar-refractivity contribution in [3.63, 3.8) is 0 Å². The number of nitrogens with zero attached hydrogens (tertiary/aromatic N) is 2. The molecule has 30 heavy (non-hydrogen) atoms. The predicted octanol–water partition coefficient (Wildman–Crippen LogP) is 4.73. The number of nitrogens with one attached hydrogen (secondary N) is 1. The van der Waals surface area contributed by atoms with Gasteiger partial charge in [0.1, 0.15) is 6.33 Å². The van der Waals surface area contributed by atoms with Crippen LogP contribution >= 0.6 is 0 Å². The minimum absolute atomic E-state index is 0.255. The van der Waals surface area contributed by atoms with Crippen LogP contribution in [-0.4, -0.2) is 28.5 Å². The number of hydrogen-bond donors (Lipinski definition) is 1. The number of esters is 1. The van der Waals surface area contributed by atoms with Crippen LogP contribution in [0.4, 0.5) is 5.69 Å². The molecule has 0 fully saturated rings. The van der Waals surface area contributed by atoms with Gasteiger partial charge in [0.15, 0.2) is 0 Å². The maximum absolute atomic E-state index is 13.2. The molecule has 0 saturated carbocycles. The molecule has 6 heteroatoms. The smallest absolute Gasteiger partial charge is 0.340 e. The molecule has 6 nitrogen and oxygen atoms in total. The largest absolute Gasteiger partial charge is 0.462 e. The molecule has 1 heterocycles. The highest BCUT2D eigenvalue weighted by Crippen LogP contribution is 2.29. The molecule has 0 unspecified atom stereocenters. The van der Waals surface area contributed by atoms with Gasteiger partial charge in [0.05, 0.1) is 29.1 Å². The van der Waals surface area contributed by atoms with Gasteiger partial charge in [0, 0.05) is 16.5 Å². The molecule has 1 amide bonds. The van der Waals surface area contributed by atoms with E-state index >= 15 is 0 Å². The zero-order valence-corrected chi connectivity index (χ0v) is 16.3. The van der Waals surface area contributed by atoms with E-state index in [0.29, 0.717) is 28.1 Å². The zero-order valence-electron chi connectivity index (χ0n) is 16.3. The number of anilines is 1. The Kier molecular flexibility index (Phi) is 5.48. The van der Waals surface area contributed by atoms with E-state index in [1.54, 1.807) is 43.3 Å². The van der Waals surface area contributed by atoms with Crippen LogP contribution in [0.15, 0.2) is 79.1 Å². The summed E-state index contributed by atoms with van der Waals surface area (Å²) < 4.78 is 5.09. The molecular weight excluding hydrogens is 378 g/mol. The molecule has 4 aromatic rings. The Hall–Kier alpha value is -4.06. The Morgan fingerprint density at radius 2 is 1.57 bits per heavy atom. The van der Waals surface area contributed by atoms with Crippen LogP contribution in [0.2, 0.25) is 0 Å². The molecule has 4 rings (SSSR count). The highest BCUT2D eigenvalue weighted by molar-refractivity contribution is 6.12. The minimum Gasteiger partial charge on any atom is -0.462 e. The van der Waals surface area contributed by atoms with Gasteiger partial charge < -0.3 is 10.1 Å². The number of amides is 1. The molecule has 0 spiro atoms. The minimum atomic E-state index is -0.483. The first-order valence-electron chi connectivity index (χ1n) is 9.55. The van der Waals surface area contributed by atoms with Crippen molar-refractivity contribution >= 4 is 28.5 Å². The second-order valence-corrected chi connectivity index (χ2v) is 6.51. The summed E-state index contributed by atoms with van der Waals surface area (Å²) in [7, 11) is 0. The van der Waals surface area contributed by atoms with Crippen LogP contribution in [0, 0.1) is 0 Å². The lowest BCUT2D eigenvalue weighted by atomic mass is 10.00. The van der Waals surface area contributed by atoms with Crippen molar-refractivity contribution in [1.29, 1.82) is 0 Å². The van der Waals surface area contributed by atoms with Gasteiger partial charge in [-0.1, -0.05) is 48.5 Å². The molecular formula is C24H19N3O3. The first-order chi connectivity index (χ1) is 14.7. The van der Waals surface area contributed by atoms with Crippen molar-refractivity contribution in [3.05, 3.63) is 90.3 Å². The number of benzene rings is 3. The summed E-state index contributed by atoms with van der Waals surface area (Å²) in [5.41, 5.74) is 3.29. The Balaban J connectivity index is 1.74. The second kappa shape index (κ2) is 8.53. The monoisotopic (exact) mass is 397 g/mol. The van der Waals surface area contributed by atoms with Crippen molar-refractivity contribution in [2.24, 2.45) is 0 Å². The molecule has 3 aromatic carbocycles. The number of fused-ring (bicyclic) bond motifs is 1. The maximum atomic E-state index is 13.2. The fourth-order valence-corrected chi connectivity index (χ4v) is 3.28. The van der Waals surface area contributed by atoms with Gasteiger partial charge in [-0.05, 0) is 31.2 Å². The van der Waals surface area contributed by atoms with Gasteiger partial charge in [-0.3, -0.25) is 4.79 Å². The van der Waals surface area contributed by atoms with Crippen molar-refractivity contribution in [2.45, 2.75) is 6.92 Å². The summed E-state index contributed by atoms with van der Waals surface area (Å²) in [6.45, 7) is 1.99. The predicted molar refractivity (Wildman–Crippen MR) is 115 cm³/mol. The molecule has 0 atom stereocenters. The van der Waals surface area contributed by atoms with Gasteiger partial charge in [-0.2, -0.15) is 0 Å². The van der Waals surface area contributed by atoms with E-state index in [0.717, 1.165) is 10.9 Å². The normalized spacial score (nSPS) is 10.6. The number of rotatable bonds is 5. The van der Waals surface area contributed by atoms with Crippen LogP contribution in [0.1, 0.15) is 27.6 Å². The SMILES string of the molecule is CCOC(=O)c1ccccc1NC(=O)c1ccccc1-c1ncnc2ccccc12. The molecule has 0 saturated heterocycles. The molecule has 0 radical (unpaired) electrons. The standard InChI is InChI=1S/C24H19N3O3/c1-2-30-24(29)19-12-6-8-14-21(19)27-23(28)17-10-4-3-9-16(17)22-18-11-5-7-13-20(18)25-15-26-22/h3-15H,2H2,1H3,(H,27,28). The molecule has 1 N–H and O–H groups in total. The Morgan fingerprint density at radius 3 is 2.40 bits per heavy atom. The molecule has 0 aliphatic carbocycles. The third-order valence-corrected chi connectivity index (χ3v) is 4.64. The van der Waals surface area contributed by atoms with Crippen molar-refractivity contribution in [1.82, 2.24) is 9.97 Å². The average molecular weight is 397 g/mol. The number of ether oxygens (including phenoxy) is 1. The van der Waals surface area contributed by atoms with Crippen molar-refractivity contribution < 1.29 is 14.3 Å². The number of para-hydroxylation sites is 2. The van der Waals surface area contributed by atoms with Crippen LogP contribution in [-0.2, 0) is 4.74 Å². The van der Waals surface area contributed by atoms with E-state index in [1.807, 2.05) is 36.4 Å². The first-order valence-corrected chi connectivity index (χ1v) is 9.55. The Labute approximate surface area is 173 Å². The third-order valence-electron chi connectivity index (χ3n) is 4.64. The highest BCUT2D eigenvalue weighted by atomic mass is 16.5. The quantitative estimate of drug-likeness (QED) is 0.493. The van der Waals surface area contributed by atoms with E-state index in [4.69, 9.17) is 4.74 Å². The molecule has 0 aliphatic rings. The number of hydrogen-bond acceptors (Lipinski definition) is 5. The first kappa shape index (κ1) is 19.3. The van der Waals surface area contributed by atoms with Gasteiger partial charge in [-0.15, -0.1) is 0 Å².